The minimum atomic E-state index is -1.18. The van der Waals surface area contributed by atoms with Gasteiger partial charge in [-0.3, -0.25) is 9.59 Å². The number of nitrogens with zero attached hydrogens (tertiary/aromatic N) is 1. The van der Waals surface area contributed by atoms with Gasteiger partial charge in [-0.15, -0.1) is 0 Å². The summed E-state index contributed by atoms with van der Waals surface area (Å²) < 4.78 is 20.0. The van der Waals surface area contributed by atoms with E-state index in [0.29, 0.717) is 17.9 Å². The minimum Gasteiger partial charge on any atom is -0.481 e. The molecule has 2 amide bonds. The predicted molar refractivity (Wildman–Crippen MR) is 184 cm³/mol. The number of methoxy groups -OCH3 is 1. The van der Waals surface area contributed by atoms with Crippen molar-refractivity contribution in [3.63, 3.8) is 0 Å². The summed E-state index contributed by atoms with van der Waals surface area (Å²) >= 11 is 0. The highest BCUT2D eigenvalue weighted by Crippen LogP contribution is 2.27. The Balaban J connectivity index is 1.59. The number of rotatable bonds is 13. The maximum absolute atomic E-state index is 14.8. The maximum Gasteiger partial charge on any atom is 0.237 e. The number of hydrogen-bond donors (Lipinski definition) is 5. The Morgan fingerprint density at radius 2 is 1.71 bits per heavy atom. The van der Waals surface area contributed by atoms with Crippen molar-refractivity contribution in [2.75, 3.05) is 7.11 Å². The number of benzene rings is 2. The molecule has 0 aliphatic heterocycles. The summed E-state index contributed by atoms with van der Waals surface area (Å²) in [4.78, 5) is 31.5. The molecule has 0 saturated heterocycles. The molecular formula is C38H51FN4O5. The van der Waals surface area contributed by atoms with Crippen LogP contribution in [0.5, 0.6) is 5.88 Å². The van der Waals surface area contributed by atoms with E-state index in [9.17, 15) is 24.2 Å². The van der Waals surface area contributed by atoms with E-state index in [2.05, 4.69) is 15.6 Å². The van der Waals surface area contributed by atoms with E-state index in [-0.39, 0.29) is 31.1 Å². The third-order valence-corrected chi connectivity index (χ3v) is 9.51. The Morgan fingerprint density at radius 3 is 2.31 bits per heavy atom. The van der Waals surface area contributed by atoms with Crippen LogP contribution >= 0.6 is 0 Å². The van der Waals surface area contributed by atoms with E-state index in [0.717, 1.165) is 29.5 Å². The van der Waals surface area contributed by atoms with Crippen LogP contribution in [0, 0.1) is 23.1 Å². The summed E-state index contributed by atoms with van der Waals surface area (Å²) in [5, 5.41) is 28.4. The van der Waals surface area contributed by atoms with Crippen molar-refractivity contribution < 1.29 is 28.9 Å². The first-order chi connectivity index (χ1) is 22.8. The molecular weight excluding hydrogens is 611 g/mol. The van der Waals surface area contributed by atoms with E-state index in [4.69, 9.17) is 10.5 Å². The van der Waals surface area contributed by atoms with Gasteiger partial charge in [-0.2, -0.15) is 0 Å². The molecule has 260 valence electrons. The number of hydrogen-bond acceptors (Lipinski definition) is 7. The molecule has 1 aliphatic rings. The molecule has 3 aromatic rings. The molecule has 10 heteroatoms. The zero-order valence-corrected chi connectivity index (χ0v) is 28.7. The first-order valence-electron chi connectivity index (χ1n) is 16.8. The van der Waals surface area contributed by atoms with E-state index >= 15 is 0 Å². The average molecular weight is 663 g/mol. The highest BCUT2D eigenvalue weighted by Gasteiger charge is 2.36. The number of carbonyl (C=O) groups excluding carboxylic acids is 2. The molecule has 1 heterocycles. The fourth-order valence-electron chi connectivity index (χ4n) is 6.28. The fourth-order valence-corrected chi connectivity index (χ4v) is 6.28. The first-order valence-corrected chi connectivity index (χ1v) is 16.8. The molecule has 7 atom stereocenters. The average Bonchev–Trinajstić information content (AvgIpc) is 3.06. The molecule has 4 rings (SSSR count). The Hall–Kier alpha value is -3.86. The number of halogens is 1. The van der Waals surface area contributed by atoms with Gasteiger partial charge in [0.25, 0.3) is 0 Å². The Kier molecular flexibility index (Phi) is 12.7. The number of carbonyl (C=O) groups is 2. The smallest absolute Gasteiger partial charge is 0.237 e. The molecule has 2 aromatic carbocycles. The second-order valence-corrected chi connectivity index (χ2v) is 14.3. The van der Waals surface area contributed by atoms with Crippen LogP contribution in [0.3, 0.4) is 0 Å². The fraction of sp³-hybridized carbons (Fsp3) is 0.500. The second kappa shape index (κ2) is 16.5. The van der Waals surface area contributed by atoms with Crippen LogP contribution in [0.25, 0.3) is 11.1 Å². The summed E-state index contributed by atoms with van der Waals surface area (Å²) in [5.41, 5.74) is 8.81. The second-order valence-electron chi connectivity index (χ2n) is 14.3. The van der Waals surface area contributed by atoms with Crippen molar-refractivity contribution >= 4 is 11.8 Å². The Labute approximate surface area is 283 Å². The number of aromatic nitrogens is 1. The van der Waals surface area contributed by atoms with Gasteiger partial charge in [0.05, 0.1) is 37.4 Å². The Bertz CT molecular complexity index is 1480. The van der Waals surface area contributed by atoms with E-state index in [1.54, 1.807) is 37.6 Å². The van der Waals surface area contributed by atoms with Crippen LogP contribution in [-0.4, -0.2) is 64.5 Å². The van der Waals surface area contributed by atoms with Crippen LogP contribution < -0.4 is 21.1 Å². The number of aliphatic hydroxyl groups excluding tert-OH is 2. The van der Waals surface area contributed by atoms with Crippen LogP contribution in [0.15, 0.2) is 66.9 Å². The van der Waals surface area contributed by atoms with Gasteiger partial charge in [0.2, 0.25) is 17.7 Å². The number of ether oxygens (including phenoxy) is 1. The molecule has 0 radical (unpaired) electrons. The lowest BCUT2D eigenvalue weighted by molar-refractivity contribution is -0.129. The van der Waals surface area contributed by atoms with Gasteiger partial charge in [0.1, 0.15) is 5.82 Å². The lowest BCUT2D eigenvalue weighted by Crippen LogP contribution is -2.55. The quantitative estimate of drug-likeness (QED) is 0.180. The van der Waals surface area contributed by atoms with Gasteiger partial charge >= 0.3 is 0 Å². The summed E-state index contributed by atoms with van der Waals surface area (Å²) in [6.07, 6.45) is 2.45. The summed E-state index contributed by atoms with van der Waals surface area (Å²) in [6, 6.07) is 15.6. The van der Waals surface area contributed by atoms with Gasteiger partial charge in [-0.1, -0.05) is 76.6 Å². The number of aliphatic hydroxyl groups is 2. The summed E-state index contributed by atoms with van der Waals surface area (Å²) in [5.74, 6) is -1.48. The van der Waals surface area contributed by atoms with Gasteiger partial charge in [-0.05, 0) is 72.3 Å². The molecule has 0 spiro atoms. The van der Waals surface area contributed by atoms with E-state index < -0.39 is 53.4 Å². The lowest BCUT2D eigenvalue weighted by Gasteiger charge is -2.36. The molecule has 1 saturated carbocycles. The van der Waals surface area contributed by atoms with Crippen molar-refractivity contribution in [2.24, 2.45) is 23.0 Å². The molecule has 6 N–H and O–H groups in total. The minimum absolute atomic E-state index is 0.0412. The van der Waals surface area contributed by atoms with Crippen molar-refractivity contribution in [2.45, 2.75) is 96.6 Å². The van der Waals surface area contributed by atoms with Crippen molar-refractivity contribution in [3.05, 3.63) is 83.8 Å². The van der Waals surface area contributed by atoms with Gasteiger partial charge < -0.3 is 31.3 Å². The lowest BCUT2D eigenvalue weighted by atomic mass is 9.82. The molecule has 1 fully saturated rings. The molecule has 1 aliphatic carbocycles. The monoisotopic (exact) mass is 662 g/mol. The van der Waals surface area contributed by atoms with Crippen molar-refractivity contribution in [1.29, 1.82) is 0 Å². The Morgan fingerprint density at radius 1 is 1.02 bits per heavy atom. The maximum atomic E-state index is 14.8. The normalized spacial score (nSPS) is 20.6. The third kappa shape index (κ3) is 9.84. The largest absolute Gasteiger partial charge is 0.481 e. The van der Waals surface area contributed by atoms with Gasteiger partial charge in [0.15, 0.2) is 0 Å². The number of nitrogens with one attached hydrogen (secondary N) is 2. The molecule has 9 nitrogen and oxygen atoms in total. The van der Waals surface area contributed by atoms with E-state index in [1.807, 2.05) is 58.0 Å². The molecule has 48 heavy (non-hydrogen) atoms. The molecule has 1 aromatic heterocycles. The van der Waals surface area contributed by atoms with E-state index in [1.165, 1.54) is 6.07 Å². The number of pyridine rings is 1. The molecule has 0 bridgehead atoms. The van der Waals surface area contributed by atoms with Crippen LogP contribution in [-0.2, 0) is 22.4 Å². The number of amides is 2. The highest BCUT2D eigenvalue weighted by atomic mass is 19.1. The SMILES string of the molecule is COc1ccc(-c2ccc(C[C@H](NC(=O)[C@@H](N)C(C)(C)C)[C@@H](O)C[C@@H](Cc3ccccc3F)C(=O)N[C@H]3[C@H](C)CCC[C@H]3O)cc2)cn1. The first kappa shape index (κ1) is 37.0. The van der Waals surface area contributed by atoms with Crippen LogP contribution in [0.4, 0.5) is 4.39 Å². The standard InChI is InChI=1S/C38H51FN4O5/c1-23-9-8-12-31(44)34(23)43-36(46)28(20-26-10-6-7-11-29(26)39)21-32(45)30(42-37(47)35(40)38(2,3)4)19-24-13-15-25(16-14-24)27-17-18-33(48-5)41-22-27/h6-7,10-11,13-18,22-23,28,30-32,34-35,44-45H,8-9,12,19-21,40H2,1-5H3,(H,42,47)(H,43,46)/t23-,28-,30+,31-,32+,34+,35-/m1/s1. The van der Waals surface area contributed by atoms with Gasteiger partial charge in [0, 0.05) is 23.7 Å². The zero-order valence-electron chi connectivity index (χ0n) is 28.7. The summed E-state index contributed by atoms with van der Waals surface area (Å²) in [6.45, 7) is 7.59. The molecule has 0 unspecified atom stereocenters. The topological polar surface area (TPSA) is 147 Å². The van der Waals surface area contributed by atoms with Crippen LogP contribution in [0.2, 0.25) is 0 Å². The third-order valence-electron chi connectivity index (χ3n) is 9.51. The van der Waals surface area contributed by atoms with Crippen LogP contribution in [0.1, 0.15) is 64.5 Å². The highest BCUT2D eigenvalue weighted by molar-refractivity contribution is 5.83. The zero-order chi connectivity index (χ0) is 35.0. The predicted octanol–water partition coefficient (Wildman–Crippen LogP) is 4.57. The number of nitrogens with two attached hydrogens (primary N) is 1. The van der Waals surface area contributed by atoms with Crippen molar-refractivity contribution in [3.8, 4) is 17.0 Å². The van der Waals surface area contributed by atoms with Crippen molar-refractivity contribution in [1.82, 2.24) is 15.6 Å². The van der Waals surface area contributed by atoms with Gasteiger partial charge in [-0.25, -0.2) is 9.37 Å². The summed E-state index contributed by atoms with van der Waals surface area (Å²) in [7, 11) is 1.56.